The molecule has 1 atom stereocenters. The average Bonchev–Trinajstić information content (AvgIpc) is 2.87. The second-order valence-corrected chi connectivity index (χ2v) is 5.42. The van der Waals surface area contributed by atoms with Crippen molar-refractivity contribution < 1.29 is 4.79 Å². The van der Waals surface area contributed by atoms with Crippen LogP contribution in [0.5, 0.6) is 0 Å². The summed E-state index contributed by atoms with van der Waals surface area (Å²) < 4.78 is 0. The lowest BCUT2D eigenvalue weighted by Crippen LogP contribution is -2.37. The number of amides is 1. The van der Waals surface area contributed by atoms with E-state index >= 15 is 0 Å². The normalized spacial score (nSPS) is 23.5. The van der Waals surface area contributed by atoms with E-state index in [1.54, 1.807) is 0 Å². The minimum atomic E-state index is 0.116. The van der Waals surface area contributed by atoms with E-state index in [2.05, 4.69) is 28.9 Å². The third-order valence-electron chi connectivity index (χ3n) is 3.98. The summed E-state index contributed by atoms with van der Waals surface area (Å²) in [6.45, 7) is 1.90. The number of nitrogens with one attached hydrogen (secondary N) is 2. The number of benzene rings is 1. The van der Waals surface area contributed by atoms with Crippen LogP contribution in [0.3, 0.4) is 0 Å². The number of rotatable bonds is 3. The minimum absolute atomic E-state index is 0.116. The van der Waals surface area contributed by atoms with E-state index in [1.807, 2.05) is 11.1 Å². The molecule has 0 spiro atoms. The van der Waals surface area contributed by atoms with Crippen molar-refractivity contribution in [2.45, 2.75) is 38.1 Å². The average molecular weight is 259 g/mol. The van der Waals surface area contributed by atoms with Crippen LogP contribution in [-0.4, -0.2) is 25.0 Å². The van der Waals surface area contributed by atoms with E-state index in [0.717, 1.165) is 25.2 Å². The fraction of sp³-hybridized carbons (Fsp3) is 0.533. The van der Waals surface area contributed by atoms with Gasteiger partial charge >= 0.3 is 0 Å². The van der Waals surface area contributed by atoms with E-state index < -0.39 is 0 Å². The summed E-state index contributed by atoms with van der Waals surface area (Å²) in [7, 11) is 0. The molecular formula is C15H21N3O. The minimum Gasteiger partial charge on any atom is -0.314 e. The summed E-state index contributed by atoms with van der Waals surface area (Å²) in [5, 5.41) is 5.57. The topological polar surface area (TPSA) is 44.4 Å². The molecule has 0 radical (unpaired) electrons. The van der Waals surface area contributed by atoms with Crippen molar-refractivity contribution in [3.05, 3.63) is 29.8 Å². The monoisotopic (exact) mass is 259 g/mol. The number of nitrogens with zero attached hydrogens (tertiary/aromatic N) is 1. The molecule has 0 aromatic heterocycles. The SMILES string of the molecule is O=C1CCN(c2ccccc2CC2CCCCN2)N1. The van der Waals surface area contributed by atoms with Crippen LogP contribution in [-0.2, 0) is 11.2 Å². The van der Waals surface area contributed by atoms with Gasteiger partial charge in [-0.15, -0.1) is 0 Å². The third-order valence-corrected chi connectivity index (χ3v) is 3.98. The zero-order chi connectivity index (χ0) is 13.1. The molecule has 2 saturated heterocycles. The maximum absolute atomic E-state index is 11.4. The third kappa shape index (κ3) is 2.89. The first-order chi connectivity index (χ1) is 9.33. The molecule has 2 fully saturated rings. The van der Waals surface area contributed by atoms with Crippen LogP contribution in [0.4, 0.5) is 5.69 Å². The van der Waals surface area contributed by atoms with E-state index in [4.69, 9.17) is 0 Å². The quantitative estimate of drug-likeness (QED) is 0.867. The van der Waals surface area contributed by atoms with Crippen LogP contribution in [0.2, 0.25) is 0 Å². The molecule has 4 heteroatoms. The number of anilines is 1. The standard InChI is InChI=1S/C15H21N3O/c19-15-8-10-18(17-15)14-7-2-1-5-12(14)11-13-6-3-4-9-16-13/h1-2,5,7,13,16H,3-4,6,8-11H2,(H,17,19). The van der Waals surface area contributed by atoms with Gasteiger partial charge in [0.1, 0.15) is 0 Å². The lowest BCUT2D eigenvalue weighted by molar-refractivity contribution is -0.119. The molecule has 0 bridgehead atoms. The molecule has 1 aromatic carbocycles. The lowest BCUT2D eigenvalue weighted by atomic mass is 9.97. The maximum Gasteiger partial charge on any atom is 0.240 e. The van der Waals surface area contributed by atoms with Gasteiger partial charge in [-0.3, -0.25) is 15.2 Å². The predicted octanol–water partition coefficient (Wildman–Crippen LogP) is 1.61. The second kappa shape index (κ2) is 5.61. The molecule has 1 aromatic rings. The van der Waals surface area contributed by atoms with Gasteiger partial charge in [0.15, 0.2) is 0 Å². The molecule has 102 valence electrons. The van der Waals surface area contributed by atoms with E-state index in [0.29, 0.717) is 12.5 Å². The molecule has 2 heterocycles. The molecular weight excluding hydrogens is 238 g/mol. The number of hydrogen-bond donors (Lipinski definition) is 2. The van der Waals surface area contributed by atoms with Crippen LogP contribution < -0.4 is 15.8 Å². The fourth-order valence-corrected chi connectivity index (χ4v) is 2.97. The van der Waals surface area contributed by atoms with Gasteiger partial charge in [-0.25, -0.2) is 0 Å². The molecule has 3 rings (SSSR count). The Hall–Kier alpha value is -1.55. The fourth-order valence-electron chi connectivity index (χ4n) is 2.97. The molecule has 19 heavy (non-hydrogen) atoms. The van der Waals surface area contributed by atoms with Gasteiger partial charge in [-0.2, -0.15) is 0 Å². The van der Waals surface area contributed by atoms with Crippen molar-refractivity contribution in [3.8, 4) is 0 Å². The second-order valence-electron chi connectivity index (χ2n) is 5.42. The molecule has 2 N–H and O–H groups in total. The van der Waals surface area contributed by atoms with Crippen molar-refractivity contribution in [2.24, 2.45) is 0 Å². The van der Waals surface area contributed by atoms with E-state index in [9.17, 15) is 4.79 Å². The first-order valence-electron chi connectivity index (χ1n) is 7.21. The van der Waals surface area contributed by atoms with Crippen molar-refractivity contribution in [3.63, 3.8) is 0 Å². The first-order valence-corrected chi connectivity index (χ1v) is 7.21. The highest BCUT2D eigenvalue weighted by atomic mass is 16.2. The van der Waals surface area contributed by atoms with Crippen molar-refractivity contribution in [1.82, 2.24) is 10.7 Å². The van der Waals surface area contributed by atoms with Gasteiger partial charge in [-0.1, -0.05) is 24.6 Å². The Kier molecular flexibility index (Phi) is 3.69. The highest BCUT2D eigenvalue weighted by Crippen LogP contribution is 2.24. The first kappa shape index (κ1) is 12.5. The van der Waals surface area contributed by atoms with Gasteiger partial charge in [0.25, 0.3) is 0 Å². The van der Waals surface area contributed by atoms with Crippen LogP contribution in [0.15, 0.2) is 24.3 Å². The highest BCUT2D eigenvalue weighted by Gasteiger charge is 2.22. The molecule has 4 nitrogen and oxygen atoms in total. The molecule has 2 aliphatic heterocycles. The molecule has 0 saturated carbocycles. The molecule has 1 amide bonds. The maximum atomic E-state index is 11.4. The summed E-state index contributed by atoms with van der Waals surface area (Å²) in [5.74, 6) is 0.116. The predicted molar refractivity (Wildman–Crippen MR) is 75.9 cm³/mol. The lowest BCUT2D eigenvalue weighted by Gasteiger charge is -2.26. The van der Waals surface area contributed by atoms with Gasteiger partial charge in [0, 0.05) is 19.0 Å². The van der Waals surface area contributed by atoms with E-state index in [1.165, 1.54) is 24.8 Å². The number of carbonyl (C=O) groups excluding carboxylic acids is 1. The Morgan fingerprint density at radius 3 is 2.89 bits per heavy atom. The van der Waals surface area contributed by atoms with Crippen LogP contribution in [0, 0.1) is 0 Å². The number of carbonyl (C=O) groups is 1. The van der Waals surface area contributed by atoms with Crippen molar-refractivity contribution in [1.29, 1.82) is 0 Å². The van der Waals surface area contributed by atoms with Crippen LogP contribution >= 0.6 is 0 Å². The summed E-state index contributed by atoms with van der Waals surface area (Å²) >= 11 is 0. The molecule has 2 aliphatic rings. The number of hydrazine groups is 1. The van der Waals surface area contributed by atoms with Crippen molar-refractivity contribution in [2.75, 3.05) is 18.1 Å². The Morgan fingerprint density at radius 2 is 2.16 bits per heavy atom. The van der Waals surface area contributed by atoms with Gasteiger partial charge in [0.05, 0.1) is 5.69 Å². The zero-order valence-electron chi connectivity index (χ0n) is 11.2. The zero-order valence-corrected chi connectivity index (χ0v) is 11.2. The van der Waals surface area contributed by atoms with Gasteiger partial charge in [-0.05, 0) is 37.4 Å². The Morgan fingerprint density at radius 1 is 1.26 bits per heavy atom. The summed E-state index contributed by atoms with van der Waals surface area (Å²) in [5.41, 5.74) is 5.40. The number of hydrogen-bond acceptors (Lipinski definition) is 3. The Bertz CT molecular complexity index is 454. The molecule has 1 unspecified atom stereocenters. The summed E-state index contributed by atoms with van der Waals surface area (Å²) in [4.78, 5) is 11.4. The Balaban J connectivity index is 1.75. The molecule has 0 aliphatic carbocycles. The summed E-state index contributed by atoms with van der Waals surface area (Å²) in [6, 6.07) is 8.98. The van der Waals surface area contributed by atoms with Gasteiger partial charge < -0.3 is 5.32 Å². The summed E-state index contributed by atoms with van der Waals surface area (Å²) in [6.07, 6.45) is 5.50. The smallest absolute Gasteiger partial charge is 0.240 e. The van der Waals surface area contributed by atoms with Crippen LogP contribution in [0.1, 0.15) is 31.2 Å². The highest BCUT2D eigenvalue weighted by molar-refractivity contribution is 5.81. The van der Waals surface area contributed by atoms with Gasteiger partial charge in [0.2, 0.25) is 5.91 Å². The van der Waals surface area contributed by atoms with Crippen LogP contribution in [0.25, 0.3) is 0 Å². The number of para-hydroxylation sites is 1. The van der Waals surface area contributed by atoms with Crippen molar-refractivity contribution >= 4 is 11.6 Å². The largest absolute Gasteiger partial charge is 0.314 e. The van der Waals surface area contributed by atoms with E-state index in [-0.39, 0.29) is 5.91 Å². The Labute approximate surface area is 114 Å². The number of piperidine rings is 1.